The maximum Gasteiger partial charge on any atom is 0.0951 e. The van der Waals surface area contributed by atoms with Crippen molar-refractivity contribution in [1.29, 1.82) is 0 Å². The molecule has 96 valence electrons. The molecule has 0 saturated heterocycles. The zero-order chi connectivity index (χ0) is 12.8. The van der Waals surface area contributed by atoms with Gasteiger partial charge in [-0.05, 0) is 31.0 Å². The Morgan fingerprint density at radius 1 is 1.28 bits per heavy atom. The van der Waals surface area contributed by atoms with Gasteiger partial charge in [-0.25, -0.2) is 4.98 Å². The molecule has 2 rings (SSSR count). The first-order chi connectivity index (χ1) is 8.81. The molecule has 0 fully saturated rings. The van der Waals surface area contributed by atoms with Crippen molar-refractivity contribution >= 4 is 0 Å². The maximum absolute atomic E-state index is 4.25. The Kier molecular flexibility index (Phi) is 4.53. The zero-order valence-electron chi connectivity index (χ0n) is 11.2. The van der Waals surface area contributed by atoms with Crippen LogP contribution in [-0.4, -0.2) is 16.1 Å². The van der Waals surface area contributed by atoms with Crippen LogP contribution in [0.25, 0.3) is 0 Å². The quantitative estimate of drug-likeness (QED) is 0.791. The highest BCUT2D eigenvalue weighted by atomic mass is 15.1. The number of nitrogens with zero attached hydrogens (tertiary/aromatic N) is 2. The third kappa shape index (κ3) is 3.20. The van der Waals surface area contributed by atoms with Gasteiger partial charge in [0.15, 0.2) is 0 Å². The van der Waals surface area contributed by atoms with Gasteiger partial charge in [-0.3, -0.25) is 0 Å². The zero-order valence-corrected chi connectivity index (χ0v) is 11.2. The van der Waals surface area contributed by atoms with Gasteiger partial charge in [0.1, 0.15) is 0 Å². The summed E-state index contributed by atoms with van der Waals surface area (Å²) >= 11 is 0. The molecule has 1 aromatic heterocycles. The van der Waals surface area contributed by atoms with Crippen molar-refractivity contribution in [3.63, 3.8) is 0 Å². The molecule has 0 saturated carbocycles. The predicted octanol–water partition coefficient (Wildman–Crippen LogP) is 2.74. The van der Waals surface area contributed by atoms with E-state index < -0.39 is 0 Å². The molecule has 0 bridgehead atoms. The highest BCUT2D eigenvalue weighted by molar-refractivity contribution is 5.26. The van der Waals surface area contributed by atoms with Crippen molar-refractivity contribution in [1.82, 2.24) is 14.9 Å². The second kappa shape index (κ2) is 6.36. The van der Waals surface area contributed by atoms with Crippen LogP contribution in [0, 0.1) is 6.92 Å². The Bertz CT molecular complexity index is 488. The van der Waals surface area contributed by atoms with Crippen LogP contribution in [0.4, 0.5) is 0 Å². The lowest BCUT2D eigenvalue weighted by Gasteiger charge is -2.10. The van der Waals surface area contributed by atoms with Crippen molar-refractivity contribution in [3.8, 4) is 0 Å². The molecular formula is C15H21N3. The topological polar surface area (TPSA) is 29.9 Å². The minimum atomic E-state index is 0.889. The number of aromatic nitrogens is 2. The Hall–Kier alpha value is -1.61. The van der Waals surface area contributed by atoms with Gasteiger partial charge in [0.25, 0.3) is 0 Å². The van der Waals surface area contributed by atoms with Crippen molar-refractivity contribution in [3.05, 3.63) is 53.6 Å². The lowest BCUT2D eigenvalue weighted by molar-refractivity contribution is 0.629. The van der Waals surface area contributed by atoms with Crippen LogP contribution in [0.2, 0.25) is 0 Å². The highest BCUT2D eigenvalue weighted by Crippen LogP contribution is 2.10. The summed E-state index contributed by atoms with van der Waals surface area (Å²) in [7, 11) is 0. The van der Waals surface area contributed by atoms with Gasteiger partial charge in [0.2, 0.25) is 0 Å². The summed E-state index contributed by atoms with van der Waals surface area (Å²) in [6, 6.07) is 8.50. The van der Waals surface area contributed by atoms with Gasteiger partial charge in [-0.1, -0.05) is 31.2 Å². The molecule has 0 atom stereocenters. The molecule has 3 nitrogen and oxygen atoms in total. The Morgan fingerprint density at radius 3 is 2.89 bits per heavy atom. The first-order valence-corrected chi connectivity index (χ1v) is 6.55. The first-order valence-electron chi connectivity index (χ1n) is 6.55. The molecule has 0 aliphatic carbocycles. The summed E-state index contributed by atoms with van der Waals surface area (Å²) in [5, 5.41) is 3.42. The van der Waals surface area contributed by atoms with Crippen molar-refractivity contribution in [2.24, 2.45) is 0 Å². The molecule has 0 radical (unpaired) electrons. The summed E-state index contributed by atoms with van der Waals surface area (Å²) in [5.74, 6) is 0. The molecule has 2 aromatic rings. The molecule has 0 unspecified atom stereocenters. The van der Waals surface area contributed by atoms with Gasteiger partial charge < -0.3 is 9.88 Å². The van der Waals surface area contributed by atoms with E-state index >= 15 is 0 Å². The number of nitrogens with one attached hydrogen (secondary N) is 1. The lowest BCUT2D eigenvalue weighted by atomic mass is 10.1. The number of aryl methyl sites for hydroxylation is 1. The Balaban J connectivity index is 2.05. The van der Waals surface area contributed by atoms with Gasteiger partial charge in [0, 0.05) is 19.3 Å². The van der Waals surface area contributed by atoms with E-state index in [0.29, 0.717) is 0 Å². The van der Waals surface area contributed by atoms with Gasteiger partial charge in [0.05, 0.1) is 12.0 Å². The highest BCUT2D eigenvalue weighted by Gasteiger charge is 2.03. The summed E-state index contributed by atoms with van der Waals surface area (Å²) in [5.41, 5.74) is 3.93. The van der Waals surface area contributed by atoms with Gasteiger partial charge >= 0.3 is 0 Å². The molecule has 0 aliphatic heterocycles. The van der Waals surface area contributed by atoms with Crippen molar-refractivity contribution in [2.75, 3.05) is 6.54 Å². The number of rotatable bonds is 6. The minimum Gasteiger partial charge on any atom is -0.329 e. The van der Waals surface area contributed by atoms with Crippen molar-refractivity contribution in [2.45, 2.75) is 33.4 Å². The molecule has 1 aromatic carbocycles. The van der Waals surface area contributed by atoms with E-state index in [2.05, 4.69) is 53.0 Å². The summed E-state index contributed by atoms with van der Waals surface area (Å²) in [4.78, 5) is 4.25. The van der Waals surface area contributed by atoms with E-state index in [9.17, 15) is 0 Å². The minimum absolute atomic E-state index is 0.889. The largest absolute Gasteiger partial charge is 0.329 e. The normalized spacial score (nSPS) is 10.8. The maximum atomic E-state index is 4.25. The van der Waals surface area contributed by atoms with Gasteiger partial charge in [-0.15, -0.1) is 0 Å². The average molecular weight is 243 g/mol. The summed E-state index contributed by atoms with van der Waals surface area (Å²) in [6.07, 6.45) is 5.02. The van der Waals surface area contributed by atoms with E-state index in [1.165, 1.54) is 16.8 Å². The van der Waals surface area contributed by atoms with Crippen LogP contribution in [-0.2, 0) is 13.1 Å². The van der Waals surface area contributed by atoms with E-state index in [1.807, 2.05) is 12.5 Å². The SMILES string of the molecule is CCCNCc1cncn1Cc1ccccc1C. The van der Waals surface area contributed by atoms with Crippen LogP contribution in [0.15, 0.2) is 36.8 Å². The first kappa shape index (κ1) is 12.8. The van der Waals surface area contributed by atoms with E-state index in [0.717, 1.165) is 26.1 Å². The fraction of sp³-hybridized carbons (Fsp3) is 0.400. The van der Waals surface area contributed by atoms with E-state index in [1.54, 1.807) is 0 Å². The Morgan fingerprint density at radius 2 is 2.11 bits per heavy atom. The lowest BCUT2D eigenvalue weighted by Crippen LogP contribution is -2.17. The smallest absolute Gasteiger partial charge is 0.0951 e. The van der Waals surface area contributed by atoms with E-state index in [4.69, 9.17) is 0 Å². The second-order valence-electron chi connectivity index (χ2n) is 4.62. The molecule has 3 heteroatoms. The van der Waals surface area contributed by atoms with Gasteiger partial charge in [-0.2, -0.15) is 0 Å². The fourth-order valence-corrected chi connectivity index (χ4v) is 2.00. The fourth-order valence-electron chi connectivity index (χ4n) is 2.00. The predicted molar refractivity (Wildman–Crippen MR) is 74.5 cm³/mol. The molecule has 18 heavy (non-hydrogen) atoms. The van der Waals surface area contributed by atoms with Crippen LogP contribution < -0.4 is 5.32 Å². The molecular weight excluding hydrogens is 222 g/mol. The number of hydrogen-bond acceptors (Lipinski definition) is 2. The molecule has 1 heterocycles. The van der Waals surface area contributed by atoms with Crippen LogP contribution in [0.1, 0.15) is 30.2 Å². The molecule has 0 spiro atoms. The molecule has 1 N–H and O–H groups in total. The molecule has 0 aliphatic rings. The van der Waals surface area contributed by atoms with E-state index in [-0.39, 0.29) is 0 Å². The van der Waals surface area contributed by atoms with Crippen LogP contribution in [0.5, 0.6) is 0 Å². The second-order valence-corrected chi connectivity index (χ2v) is 4.62. The summed E-state index contributed by atoms with van der Waals surface area (Å²) < 4.78 is 2.21. The van der Waals surface area contributed by atoms with Crippen LogP contribution >= 0.6 is 0 Å². The third-order valence-electron chi connectivity index (χ3n) is 3.13. The van der Waals surface area contributed by atoms with Crippen molar-refractivity contribution < 1.29 is 0 Å². The average Bonchev–Trinajstić information content (AvgIpc) is 2.80. The Labute approximate surface area is 109 Å². The molecule has 0 amide bonds. The number of imidazole rings is 1. The number of hydrogen-bond donors (Lipinski definition) is 1. The monoisotopic (exact) mass is 243 g/mol. The third-order valence-corrected chi connectivity index (χ3v) is 3.13. The standard InChI is InChI=1S/C15H21N3/c1-3-8-16-9-15-10-17-12-18(15)11-14-7-5-4-6-13(14)2/h4-7,10,12,16H,3,8-9,11H2,1-2H3. The summed E-state index contributed by atoms with van der Waals surface area (Å²) in [6.45, 7) is 7.17. The van der Waals surface area contributed by atoms with Crippen LogP contribution in [0.3, 0.4) is 0 Å². The number of benzene rings is 1.